The molecule has 1 aromatic carbocycles. The van der Waals surface area contributed by atoms with Crippen molar-refractivity contribution in [3.63, 3.8) is 0 Å². The van der Waals surface area contributed by atoms with Gasteiger partial charge in [0.2, 0.25) is 0 Å². The number of anilines is 2. The summed E-state index contributed by atoms with van der Waals surface area (Å²) in [5.41, 5.74) is 7.65. The van der Waals surface area contributed by atoms with Gasteiger partial charge >= 0.3 is 0 Å². The van der Waals surface area contributed by atoms with Crippen LogP contribution in [0, 0.1) is 0 Å². The quantitative estimate of drug-likeness (QED) is 0.727. The van der Waals surface area contributed by atoms with Crippen LogP contribution >= 0.6 is 0 Å². The summed E-state index contributed by atoms with van der Waals surface area (Å²) in [6, 6.07) is 7.96. The van der Waals surface area contributed by atoms with Crippen molar-refractivity contribution in [2.45, 2.75) is 19.1 Å². The Bertz CT molecular complexity index is 297. The first-order valence-corrected chi connectivity index (χ1v) is 4.96. The minimum atomic E-state index is 0.235. The fourth-order valence-corrected chi connectivity index (χ4v) is 1.94. The highest BCUT2D eigenvalue weighted by molar-refractivity contribution is 5.53. The molecule has 0 aromatic heterocycles. The van der Waals surface area contributed by atoms with Gasteiger partial charge in [-0.25, -0.2) is 0 Å². The molecule has 0 amide bonds. The predicted molar refractivity (Wildman–Crippen MR) is 58.2 cm³/mol. The fourth-order valence-electron chi connectivity index (χ4n) is 1.94. The molecule has 0 radical (unpaired) electrons. The van der Waals surface area contributed by atoms with Gasteiger partial charge in [0, 0.05) is 25.0 Å². The van der Waals surface area contributed by atoms with Gasteiger partial charge in [0.25, 0.3) is 0 Å². The monoisotopic (exact) mass is 192 g/mol. The summed E-state index contributed by atoms with van der Waals surface area (Å²) in [4.78, 5) is 2.28. The van der Waals surface area contributed by atoms with Gasteiger partial charge in [-0.15, -0.1) is 0 Å². The van der Waals surface area contributed by atoms with Gasteiger partial charge in [-0.2, -0.15) is 0 Å². The molecule has 76 valence electrons. The number of hydrogen-bond donors (Lipinski definition) is 1. The van der Waals surface area contributed by atoms with Gasteiger partial charge in [-0.3, -0.25) is 0 Å². The summed E-state index contributed by atoms with van der Waals surface area (Å²) in [6.07, 6.45) is 2.54. The Labute approximate surface area is 84.5 Å². The highest BCUT2D eigenvalue weighted by atomic mass is 16.5. The summed E-state index contributed by atoms with van der Waals surface area (Å²) in [7, 11) is 1.76. The molecule has 1 aliphatic heterocycles. The highest BCUT2D eigenvalue weighted by Gasteiger charge is 2.23. The minimum absolute atomic E-state index is 0.235. The summed E-state index contributed by atoms with van der Waals surface area (Å²) >= 11 is 0. The third-order valence-electron chi connectivity index (χ3n) is 2.69. The van der Waals surface area contributed by atoms with Gasteiger partial charge in [-0.1, -0.05) is 0 Å². The van der Waals surface area contributed by atoms with Crippen LogP contribution in [-0.4, -0.2) is 19.9 Å². The maximum Gasteiger partial charge on any atom is 0.129 e. The number of methoxy groups -OCH3 is 1. The Morgan fingerprint density at radius 2 is 2.07 bits per heavy atom. The van der Waals surface area contributed by atoms with E-state index in [-0.39, 0.29) is 6.23 Å². The zero-order chi connectivity index (χ0) is 9.97. The Kier molecular flexibility index (Phi) is 2.59. The van der Waals surface area contributed by atoms with E-state index in [1.165, 1.54) is 12.1 Å². The number of hydrogen-bond acceptors (Lipinski definition) is 3. The summed E-state index contributed by atoms with van der Waals surface area (Å²) in [5, 5.41) is 0. The number of ether oxygens (including phenoxy) is 1. The van der Waals surface area contributed by atoms with Crippen LogP contribution in [-0.2, 0) is 4.74 Å². The van der Waals surface area contributed by atoms with Crippen LogP contribution in [0.3, 0.4) is 0 Å². The Balaban J connectivity index is 2.17. The molecule has 1 fully saturated rings. The van der Waals surface area contributed by atoms with Crippen molar-refractivity contribution in [2.24, 2.45) is 0 Å². The van der Waals surface area contributed by atoms with Crippen molar-refractivity contribution in [1.29, 1.82) is 0 Å². The van der Waals surface area contributed by atoms with Gasteiger partial charge in [-0.05, 0) is 37.1 Å². The van der Waals surface area contributed by atoms with Crippen molar-refractivity contribution in [1.82, 2.24) is 0 Å². The Morgan fingerprint density at radius 3 is 2.71 bits per heavy atom. The van der Waals surface area contributed by atoms with Crippen LogP contribution in [0.4, 0.5) is 11.4 Å². The van der Waals surface area contributed by atoms with Crippen LogP contribution in [0.25, 0.3) is 0 Å². The zero-order valence-corrected chi connectivity index (χ0v) is 8.44. The molecule has 1 aliphatic rings. The van der Waals surface area contributed by atoms with Crippen molar-refractivity contribution >= 4 is 11.4 Å². The zero-order valence-electron chi connectivity index (χ0n) is 8.44. The maximum atomic E-state index is 5.64. The fraction of sp³-hybridized carbons (Fsp3) is 0.455. The van der Waals surface area contributed by atoms with E-state index in [1.807, 2.05) is 24.3 Å². The molecule has 1 saturated heterocycles. The largest absolute Gasteiger partial charge is 0.399 e. The Morgan fingerprint density at radius 1 is 1.36 bits per heavy atom. The van der Waals surface area contributed by atoms with E-state index >= 15 is 0 Å². The summed E-state index contributed by atoms with van der Waals surface area (Å²) in [5.74, 6) is 0. The molecule has 0 spiro atoms. The number of nitrogen functional groups attached to an aromatic ring is 1. The molecular formula is C11H16N2O. The summed E-state index contributed by atoms with van der Waals surface area (Å²) in [6.45, 7) is 1.07. The van der Waals surface area contributed by atoms with E-state index in [4.69, 9.17) is 10.5 Å². The maximum absolute atomic E-state index is 5.64. The topological polar surface area (TPSA) is 38.5 Å². The van der Waals surface area contributed by atoms with Crippen molar-refractivity contribution < 1.29 is 4.74 Å². The van der Waals surface area contributed by atoms with Crippen molar-refractivity contribution in [2.75, 3.05) is 24.3 Å². The number of nitrogens with zero attached hydrogens (tertiary/aromatic N) is 1. The highest BCUT2D eigenvalue weighted by Crippen LogP contribution is 2.26. The molecule has 1 aromatic rings. The average Bonchev–Trinajstić information content (AvgIpc) is 2.67. The van der Waals surface area contributed by atoms with Crippen LogP contribution in [0.15, 0.2) is 24.3 Å². The smallest absolute Gasteiger partial charge is 0.129 e. The average molecular weight is 192 g/mol. The minimum Gasteiger partial charge on any atom is -0.399 e. The Hall–Kier alpha value is -1.22. The second-order valence-corrected chi connectivity index (χ2v) is 3.62. The van der Waals surface area contributed by atoms with E-state index in [9.17, 15) is 0 Å². The third-order valence-corrected chi connectivity index (χ3v) is 2.69. The van der Waals surface area contributed by atoms with E-state index in [1.54, 1.807) is 7.11 Å². The predicted octanol–water partition coefficient (Wildman–Crippen LogP) is 1.84. The lowest BCUT2D eigenvalue weighted by Gasteiger charge is -2.25. The number of rotatable bonds is 2. The molecule has 2 N–H and O–H groups in total. The molecule has 1 unspecified atom stereocenters. The van der Waals surface area contributed by atoms with E-state index in [0.717, 1.165) is 18.7 Å². The first-order valence-electron chi connectivity index (χ1n) is 4.96. The van der Waals surface area contributed by atoms with Crippen molar-refractivity contribution in [3.8, 4) is 0 Å². The molecule has 0 aliphatic carbocycles. The van der Waals surface area contributed by atoms with E-state index < -0.39 is 0 Å². The first-order chi connectivity index (χ1) is 6.81. The number of benzene rings is 1. The lowest BCUT2D eigenvalue weighted by Crippen LogP contribution is -2.30. The van der Waals surface area contributed by atoms with Crippen LogP contribution in [0.2, 0.25) is 0 Å². The molecule has 2 rings (SSSR count). The summed E-state index contributed by atoms with van der Waals surface area (Å²) < 4.78 is 5.40. The normalized spacial score (nSPS) is 21.5. The lowest BCUT2D eigenvalue weighted by atomic mass is 10.2. The molecule has 0 saturated carbocycles. The van der Waals surface area contributed by atoms with Gasteiger partial charge in [0.05, 0.1) is 0 Å². The SMILES string of the molecule is COC1CCCN1c1ccc(N)cc1. The van der Waals surface area contributed by atoms with Gasteiger partial charge in [0.1, 0.15) is 6.23 Å². The van der Waals surface area contributed by atoms with Gasteiger partial charge in [0.15, 0.2) is 0 Å². The van der Waals surface area contributed by atoms with Gasteiger partial charge < -0.3 is 15.4 Å². The van der Waals surface area contributed by atoms with E-state index in [0.29, 0.717) is 0 Å². The lowest BCUT2D eigenvalue weighted by molar-refractivity contribution is 0.111. The standard InChI is InChI=1S/C11H16N2O/c1-14-11-3-2-8-13(11)10-6-4-9(12)5-7-10/h4-7,11H,2-3,8,12H2,1H3. The van der Waals surface area contributed by atoms with E-state index in [2.05, 4.69) is 4.90 Å². The second-order valence-electron chi connectivity index (χ2n) is 3.62. The molecule has 1 heterocycles. The van der Waals surface area contributed by atoms with Crippen LogP contribution in [0.5, 0.6) is 0 Å². The number of nitrogens with two attached hydrogens (primary N) is 1. The molecule has 1 atom stereocenters. The molecule has 3 heteroatoms. The molecular weight excluding hydrogens is 176 g/mol. The third kappa shape index (κ3) is 1.68. The second kappa shape index (κ2) is 3.88. The van der Waals surface area contributed by atoms with Crippen LogP contribution < -0.4 is 10.6 Å². The first kappa shape index (κ1) is 9.34. The van der Waals surface area contributed by atoms with Crippen LogP contribution in [0.1, 0.15) is 12.8 Å². The molecule has 3 nitrogen and oxygen atoms in total. The molecule has 0 bridgehead atoms. The molecule has 14 heavy (non-hydrogen) atoms. The van der Waals surface area contributed by atoms with Crippen molar-refractivity contribution in [3.05, 3.63) is 24.3 Å².